The zero-order chi connectivity index (χ0) is 10.3. The van der Waals surface area contributed by atoms with Crippen LogP contribution < -0.4 is 0 Å². The molecule has 2 heteroatoms. The summed E-state index contributed by atoms with van der Waals surface area (Å²) in [5.41, 5.74) is 3.66. The maximum Gasteiger partial charge on any atom is 0.194 e. The Bertz CT molecular complexity index is 376. The molecular weight excluding hydrogens is 186 g/mol. The van der Waals surface area contributed by atoms with Crippen molar-refractivity contribution in [1.82, 2.24) is 0 Å². The first-order valence-corrected chi connectivity index (χ1v) is 6.09. The lowest BCUT2D eigenvalue weighted by Crippen LogP contribution is -2.36. The molecule has 0 aromatic rings. The highest BCUT2D eigenvalue weighted by Crippen LogP contribution is 2.32. The van der Waals surface area contributed by atoms with Crippen molar-refractivity contribution in [3.63, 3.8) is 0 Å². The van der Waals surface area contributed by atoms with Crippen molar-refractivity contribution in [2.45, 2.75) is 51.0 Å². The van der Waals surface area contributed by atoms with Crippen molar-refractivity contribution in [3.05, 3.63) is 28.5 Å². The lowest BCUT2D eigenvalue weighted by Gasteiger charge is -2.31. The van der Waals surface area contributed by atoms with E-state index in [0.717, 1.165) is 37.8 Å². The Balaban J connectivity index is 2.03. The van der Waals surface area contributed by atoms with E-state index in [1.807, 2.05) is 0 Å². The number of rotatable bonds is 0. The Kier molecular flexibility index (Phi) is 2.15. The van der Waals surface area contributed by atoms with E-state index in [0.29, 0.717) is 0 Å². The Morgan fingerprint density at radius 2 is 2.13 bits per heavy atom. The van der Waals surface area contributed by atoms with Crippen molar-refractivity contribution in [1.29, 1.82) is 0 Å². The number of hydroxylamine groups is 1. The molecule has 0 saturated heterocycles. The minimum Gasteiger partial charge on any atom is -0.623 e. The molecule has 1 aliphatic heterocycles. The maximum absolute atomic E-state index is 12.2. The van der Waals surface area contributed by atoms with Crippen LogP contribution in [-0.2, 0) is 0 Å². The highest BCUT2D eigenvalue weighted by atomic mass is 16.5. The van der Waals surface area contributed by atoms with E-state index in [1.54, 1.807) is 0 Å². The van der Waals surface area contributed by atoms with Crippen LogP contribution in [-0.4, -0.2) is 16.5 Å². The second-order valence-corrected chi connectivity index (χ2v) is 4.81. The van der Waals surface area contributed by atoms with Crippen LogP contribution in [0.15, 0.2) is 23.3 Å². The first kappa shape index (κ1) is 9.20. The lowest BCUT2D eigenvalue weighted by atomic mass is 9.83. The Morgan fingerprint density at radius 1 is 1.20 bits per heavy atom. The molecule has 15 heavy (non-hydrogen) atoms. The van der Waals surface area contributed by atoms with Crippen LogP contribution in [0.2, 0.25) is 0 Å². The van der Waals surface area contributed by atoms with E-state index >= 15 is 0 Å². The molecule has 0 radical (unpaired) electrons. The van der Waals surface area contributed by atoms with Gasteiger partial charge in [0.05, 0.1) is 0 Å². The van der Waals surface area contributed by atoms with Crippen LogP contribution in [0.3, 0.4) is 0 Å². The molecule has 1 heterocycles. The topological polar surface area (TPSA) is 26.1 Å². The molecule has 2 aliphatic carbocycles. The molecule has 1 fully saturated rings. The van der Waals surface area contributed by atoms with Gasteiger partial charge in [-0.1, -0.05) is 6.08 Å². The predicted octanol–water partition coefficient (Wildman–Crippen LogP) is 2.93. The van der Waals surface area contributed by atoms with Crippen LogP contribution in [0.5, 0.6) is 0 Å². The fourth-order valence-corrected chi connectivity index (χ4v) is 3.01. The molecule has 1 saturated carbocycles. The summed E-state index contributed by atoms with van der Waals surface area (Å²) in [6.07, 6.45) is 12.5. The first-order valence-electron chi connectivity index (χ1n) is 6.09. The van der Waals surface area contributed by atoms with Gasteiger partial charge < -0.3 is 5.21 Å². The SMILES string of the molecule is [O-][N+]1=C2CCCC=C2C=C2CCCCC21. The molecule has 3 rings (SSSR count). The van der Waals surface area contributed by atoms with Gasteiger partial charge in [0.25, 0.3) is 0 Å². The summed E-state index contributed by atoms with van der Waals surface area (Å²) in [5, 5.41) is 12.2. The van der Waals surface area contributed by atoms with E-state index in [9.17, 15) is 5.21 Å². The molecule has 1 atom stereocenters. The Labute approximate surface area is 90.6 Å². The van der Waals surface area contributed by atoms with Gasteiger partial charge in [-0.25, -0.2) is 4.74 Å². The zero-order valence-corrected chi connectivity index (χ0v) is 9.04. The largest absolute Gasteiger partial charge is 0.623 e. The molecule has 0 N–H and O–H groups in total. The molecule has 80 valence electrons. The van der Waals surface area contributed by atoms with Gasteiger partial charge >= 0.3 is 0 Å². The van der Waals surface area contributed by atoms with Gasteiger partial charge in [-0.2, -0.15) is 0 Å². The van der Waals surface area contributed by atoms with Gasteiger partial charge in [-0.3, -0.25) is 0 Å². The van der Waals surface area contributed by atoms with Crippen LogP contribution in [0.4, 0.5) is 0 Å². The summed E-state index contributed by atoms with van der Waals surface area (Å²) in [4.78, 5) is 0. The van der Waals surface area contributed by atoms with Crippen molar-refractivity contribution < 1.29 is 4.74 Å². The van der Waals surface area contributed by atoms with Gasteiger partial charge in [-0.05, 0) is 43.8 Å². The molecule has 0 aromatic carbocycles. The fraction of sp³-hybridized carbons (Fsp3) is 0.615. The number of hydrogen-bond acceptors (Lipinski definition) is 1. The summed E-state index contributed by atoms with van der Waals surface area (Å²) in [6.45, 7) is 0. The van der Waals surface area contributed by atoms with Gasteiger partial charge in [0.15, 0.2) is 11.8 Å². The molecule has 0 amide bonds. The summed E-state index contributed by atoms with van der Waals surface area (Å²) < 4.78 is 1.32. The smallest absolute Gasteiger partial charge is 0.194 e. The molecule has 0 bridgehead atoms. The van der Waals surface area contributed by atoms with Crippen LogP contribution in [0.1, 0.15) is 44.9 Å². The van der Waals surface area contributed by atoms with Crippen molar-refractivity contribution in [3.8, 4) is 0 Å². The third kappa shape index (κ3) is 1.43. The Hall–Kier alpha value is -1.05. The third-order valence-corrected chi connectivity index (χ3v) is 3.83. The van der Waals surface area contributed by atoms with E-state index in [1.165, 1.54) is 28.7 Å². The number of hydrogen-bond donors (Lipinski definition) is 0. The molecule has 1 unspecified atom stereocenters. The predicted molar refractivity (Wildman–Crippen MR) is 60.9 cm³/mol. The molecule has 2 nitrogen and oxygen atoms in total. The average molecular weight is 203 g/mol. The van der Waals surface area contributed by atoms with Gasteiger partial charge in [0.1, 0.15) is 0 Å². The maximum atomic E-state index is 12.2. The van der Waals surface area contributed by atoms with Crippen molar-refractivity contribution >= 4 is 5.71 Å². The summed E-state index contributed by atoms with van der Waals surface area (Å²) in [6, 6.07) is 0.184. The summed E-state index contributed by atoms with van der Waals surface area (Å²) in [5.74, 6) is 0. The number of fused-ring (bicyclic) bond motifs is 2. The number of allylic oxidation sites excluding steroid dienone is 3. The number of nitrogens with zero attached hydrogens (tertiary/aromatic N) is 1. The normalized spacial score (nSPS) is 30.3. The lowest BCUT2D eigenvalue weighted by molar-refractivity contribution is -0.495. The van der Waals surface area contributed by atoms with Crippen LogP contribution in [0.25, 0.3) is 0 Å². The van der Waals surface area contributed by atoms with Gasteiger partial charge in [-0.15, -0.1) is 0 Å². The summed E-state index contributed by atoms with van der Waals surface area (Å²) >= 11 is 0. The molecule has 0 aromatic heterocycles. The molecular formula is C13H17NO. The van der Waals surface area contributed by atoms with E-state index in [2.05, 4.69) is 12.2 Å². The fourth-order valence-electron chi connectivity index (χ4n) is 3.01. The van der Waals surface area contributed by atoms with Gasteiger partial charge in [0.2, 0.25) is 0 Å². The minimum atomic E-state index is 0.184. The van der Waals surface area contributed by atoms with E-state index in [4.69, 9.17) is 0 Å². The van der Waals surface area contributed by atoms with Crippen LogP contribution >= 0.6 is 0 Å². The average Bonchev–Trinajstić information content (AvgIpc) is 2.30. The second-order valence-electron chi connectivity index (χ2n) is 4.81. The van der Waals surface area contributed by atoms with E-state index in [-0.39, 0.29) is 6.04 Å². The second kappa shape index (κ2) is 3.51. The zero-order valence-electron chi connectivity index (χ0n) is 9.04. The molecule has 3 aliphatic rings. The van der Waals surface area contributed by atoms with Gasteiger partial charge in [0, 0.05) is 18.4 Å². The van der Waals surface area contributed by atoms with Crippen LogP contribution in [0, 0.1) is 5.21 Å². The monoisotopic (exact) mass is 203 g/mol. The minimum absolute atomic E-state index is 0.184. The molecule has 0 spiro atoms. The third-order valence-electron chi connectivity index (χ3n) is 3.83. The van der Waals surface area contributed by atoms with E-state index < -0.39 is 0 Å². The highest BCUT2D eigenvalue weighted by molar-refractivity contribution is 6.00. The highest BCUT2D eigenvalue weighted by Gasteiger charge is 2.33. The summed E-state index contributed by atoms with van der Waals surface area (Å²) in [7, 11) is 0. The Morgan fingerprint density at radius 3 is 3.07 bits per heavy atom. The standard InChI is InChI=1S/C13H17NO/c15-14-12-7-3-1-5-10(12)9-11-6-2-4-8-13(11)14/h5,9,13H,1-4,6-8H2. The van der Waals surface area contributed by atoms with Crippen molar-refractivity contribution in [2.24, 2.45) is 0 Å². The van der Waals surface area contributed by atoms with Crippen molar-refractivity contribution in [2.75, 3.05) is 0 Å². The quantitative estimate of drug-likeness (QED) is 0.439. The first-order chi connectivity index (χ1) is 7.36.